The van der Waals surface area contributed by atoms with Crippen LogP contribution in [-0.4, -0.2) is 36.7 Å². The number of hydrogen-bond acceptors (Lipinski definition) is 4. The predicted molar refractivity (Wildman–Crippen MR) is 129 cm³/mol. The molecular weight excluding hydrogens is 454 g/mol. The van der Waals surface area contributed by atoms with Gasteiger partial charge in [-0.3, -0.25) is 9.69 Å². The number of nitrogens with one attached hydrogen (secondary N) is 1. The molecule has 3 aromatic rings. The molecule has 34 heavy (non-hydrogen) atoms. The Morgan fingerprint density at radius 3 is 2.59 bits per heavy atom. The summed E-state index contributed by atoms with van der Waals surface area (Å²) >= 11 is 5.97. The SMILES string of the molecule is O=C(NCc1ccc2c(c1)OCO2)c1cccc(N2CCCN(Cc3ccc(Cl)cc3)C2=O)c1. The van der Waals surface area contributed by atoms with E-state index in [1.165, 1.54) is 0 Å². The van der Waals surface area contributed by atoms with Gasteiger partial charge in [0.1, 0.15) is 0 Å². The average molecular weight is 478 g/mol. The van der Waals surface area contributed by atoms with E-state index < -0.39 is 0 Å². The molecule has 0 aromatic heterocycles. The van der Waals surface area contributed by atoms with Crippen molar-refractivity contribution in [2.75, 3.05) is 24.8 Å². The number of anilines is 1. The van der Waals surface area contributed by atoms with Crippen LogP contribution in [-0.2, 0) is 13.1 Å². The highest BCUT2D eigenvalue weighted by molar-refractivity contribution is 6.30. The molecule has 0 aliphatic carbocycles. The summed E-state index contributed by atoms with van der Waals surface area (Å²) < 4.78 is 10.7. The maximum absolute atomic E-state index is 13.2. The van der Waals surface area contributed by atoms with Gasteiger partial charge in [0.2, 0.25) is 6.79 Å². The Kier molecular flexibility index (Phi) is 6.27. The van der Waals surface area contributed by atoms with Crippen LogP contribution in [0.15, 0.2) is 66.7 Å². The van der Waals surface area contributed by atoms with E-state index in [4.69, 9.17) is 21.1 Å². The monoisotopic (exact) mass is 477 g/mol. The van der Waals surface area contributed by atoms with Crippen molar-refractivity contribution >= 4 is 29.2 Å². The number of carbonyl (C=O) groups excluding carboxylic acids is 2. The van der Waals surface area contributed by atoms with Gasteiger partial charge in [-0.1, -0.05) is 35.9 Å². The van der Waals surface area contributed by atoms with Crippen molar-refractivity contribution < 1.29 is 19.1 Å². The molecule has 2 heterocycles. The molecule has 0 bridgehead atoms. The van der Waals surface area contributed by atoms with Gasteiger partial charge in [-0.15, -0.1) is 0 Å². The molecule has 174 valence electrons. The molecule has 1 fully saturated rings. The molecular formula is C26H24ClN3O4. The lowest BCUT2D eigenvalue weighted by Crippen LogP contribution is -2.49. The lowest BCUT2D eigenvalue weighted by molar-refractivity contribution is 0.0950. The lowest BCUT2D eigenvalue weighted by Gasteiger charge is -2.35. The van der Waals surface area contributed by atoms with E-state index in [2.05, 4.69) is 5.32 Å². The van der Waals surface area contributed by atoms with Gasteiger partial charge in [0.25, 0.3) is 5.91 Å². The van der Waals surface area contributed by atoms with Crippen molar-refractivity contribution in [3.8, 4) is 11.5 Å². The molecule has 0 saturated carbocycles. The molecule has 2 aliphatic heterocycles. The minimum absolute atomic E-state index is 0.0703. The highest BCUT2D eigenvalue weighted by Crippen LogP contribution is 2.32. The molecule has 7 nitrogen and oxygen atoms in total. The van der Waals surface area contributed by atoms with Gasteiger partial charge in [-0.2, -0.15) is 0 Å². The minimum Gasteiger partial charge on any atom is -0.454 e. The van der Waals surface area contributed by atoms with Crippen LogP contribution in [0.5, 0.6) is 11.5 Å². The molecule has 0 radical (unpaired) electrons. The summed E-state index contributed by atoms with van der Waals surface area (Å²) in [7, 11) is 0. The minimum atomic E-state index is -0.206. The summed E-state index contributed by atoms with van der Waals surface area (Å²) in [5.74, 6) is 1.18. The van der Waals surface area contributed by atoms with Crippen LogP contribution in [0.1, 0.15) is 27.9 Å². The second-order valence-electron chi connectivity index (χ2n) is 8.26. The van der Waals surface area contributed by atoms with Crippen molar-refractivity contribution in [2.45, 2.75) is 19.5 Å². The van der Waals surface area contributed by atoms with Gasteiger partial charge >= 0.3 is 6.03 Å². The molecule has 1 N–H and O–H groups in total. The summed E-state index contributed by atoms with van der Waals surface area (Å²) in [6.07, 6.45) is 0.847. The van der Waals surface area contributed by atoms with E-state index in [9.17, 15) is 9.59 Å². The summed E-state index contributed by atoms with van der Waals surface area (Å²) in [6.45, 7) is 2.38. The fourth-order valence-corrected chi connectivity index (χ4v) is 4.25. The zero-order valence-corrected chi connectivity index (χ0v) is 19.3. The van der Waals surface area contributed by atoms with Crippen LogP contribution in [0.3, 0.4) is 0 Å². The summed E-state index contributed by atoms with van der Waals surface area (Å²) in [5, 5.41) is 3.60. The molecule has 0 unspecified atom stereocenters. The van der Waals surface area contributed by atoms with Crippen LogP contribution in [0.4, 0.5) is 10.5 Å². The van der Waals surface area contributed by atoms with Crippen LogP contribution in [0, 0.1) is 0 Å². The number of halogens is 1. The van der Waals surface area contributed by atoms with E-state index >= 15 is 0 Å². The van der Waals surface area contributed by atoms with Crippen LogP contribution in [0.25, 0.3) is 0 Å². The first-order valence-corrected chi connectivity index (χ1v) is 11.5. The highest BCUT2D eigenvalue weighted by Gasteiger charge is 2.27. The number of hydrogen-bond donors (Lipinski definition) is 1. The molecule has 1 saturated heterocycles. The van der Waals surface area contributed by atoms with E-state index in [0.29, 0.717) is 54.0 Å². The first kappa shape index (κ1) is 22.1. The van der Waals surface area contributed by atoms with Gasteiger partial charge in [0, 0.05) is 42.5 Å². The maximum Gasteiger partial charge on any atom is 0.324 e. The third-order valence-corrected chi connectivity index (χ3v) is 6.16. The largest absolute Gasteiger partial charge is 0.454 e. The highest BCUT2D eigenvalue weighted by atomic mass is 35.5. The number of ether oxygens (including phenoxy) is 2. The van der Waals surface area contributed by atoms with Crippen molar-refractivity contribution in [3.05, 3.63) is 88.4 Å². The number of nitrogens with zero attached hydrogens (tertiary/aromatic N) is 2. The second kappa shape index (κ2) is 9.65. The number of benzene rings is 3. The Labute approximate surface area is 202 Å². The quantitative estimate of drug-likeness (QED) is 0.552. The van der Waals surface area contributed by atoms with Crippen molar-refractivity contribution in [1.29, 1.82) is 0 Å². The Morgan fingerprint density at radius 1 is 0.941 bits per heavy atom. The van der Waals surface area contributed by atoms with Gasteiger partial charge in [-0.25, -0.2) is 4.79 Å². The predicted octanol–water partition coefficient (Wildman–Crippen LogP) is 4.83. The molecule has 3 aromatic carbocycles. The summed E-state index contributed by atoms with van der Waals surface area (Å²) in [6, 6.07) is 20.2. The first-order chi connectivity index (χ1) is 16.6. The van der Waals surface area contributed by atoms with E-state index in [0.717, 1.165) is 17.5 Å². The van der Waals surface area contributed by atoms with E-state index in [1.54, 1.807) is 23.1 Å². The van der Waals surface area contributed by atoms with E-state index in [-0.39, 0.29) is 18.7 Å². The number of carbonyl (C=O) groups is 2. The molecule has 0 atom stereocenters. The molecule has 0 spiro atoms. The maximum atomic E-state index is 13.2. The third kappa shape index (κ3) is 4.79. The van der Waals surface area contributed by atoms with E-state index in [1.807, 2.05) is 53.4 Å². The summed E-state index contributed by atoms with van der Waals surface area (Å²) in [5.41, 5.74) is 3.15. The number of rotatable bonds is 6. The normalized spacial score (nSPS) is 14.9. The second-order valence-corrected chi connectivity index (χ2v) is 8.69. The standard InChI is InChI=1S/C26H24ClN3O4/c27-21-8-5-18(6-9-21)16-29-11-2-12-30(26(29)32)22-4-1-3-20(14-22)25(31)28-15-19-7-10-23-24(13-19)34-17-33-23/h1,3-10,13-14H,2,11-12,15-17H2,(H,28,31). The molecule has 8 heteroatoms. The van der Waals surface area contributed by atoms with Crippen molar-refractivity contribution in [3.63, 3.8) is 0 Å². The van der Waals surface area contributed by atoms with Crippen LogP contribution >= 0.6 is 11.6 Å². The van der Waals surface area contributed by atoms with Gasteiger partial charge in [-0.05, 0) is 60.0 Å². The number of urea groups is 1. The van der Waals surface area contributed by atoms with Crippen molar-refractivity contribution in [2.24, 2.45) is 0 Å². The Balaban J connectivity index is 1.24. The smallest absolute Gasteiger partial charge is 0.324 e. The lowest BCUT2D eigenvalue weighted by atomic mass is 10.1. The molecule has 5 rings (SSSR count). The zero-order chi connectivity index (χ0) is 23.5. The summed E-state index contributed by atoms with van der Waals surface area (Å²) in [4.78, 5) is 29.5. The zero-order valence-electron chi connectivity index (χ0n) is 18.5. The van der Waals surface area contributed by atoms with Gasteiger partial charge in [0.15, 0.2) is 11.5 Å². The van der Waals surface area contributed by atoms with Gasteiger partial charge in [0.05, 0.1) is 0 Å². The fraction of sp³-hybridized carbons (Fsp3) is 0.231. The topological polar surface area (TPSA) is 71.1 Å². The Hall–Kier alpha value is -3.71. The number of fused-ring (bicyclic) bond motifs is 1. The average Bonchev–Trinajstić information content (AvgIpc) is 3.33. The van der Waals surface area contributed by atoms with Gasteiger partial charge < -0.3 is 19.7 Å². The Bertz CT molecular complexity index is 1210. The Morgan fingerprint density at radius 2 is 1.74 bits per heavy atom. The molecule has 2 aliphatic rings. The van der Waals surface area contributed by atoms with Crippen LogP contribution in [0.2, 0.25) is 5.02 Å². The fourth-order valence-electron chi connectivity index (χ4n) is 4.13. The van der Waals surface area contributed by atoms with Crippen LogP contribution < -0.4 is 19.7 Å². The van der Waals surface area contributed by atoms with Crippen molar-refractivity contribution in [1.82, 2.24) is 10.2 Å². The third-order valence-electron chi connectivity index (χ3n) is 5.91. The number of amides is 3. The first-order valence-electron chi connectivity index (χ1n) is 11.1. The molecule has 3 amide bonds.